The molecule has 1 amide bonds. The summed E-state index contributed by atoms with van der Waals surface area (Å²) in [6.07, 6.45) is 7.57. The number of thiazole rings is 1. The highest BCUT2D eigenvalue weighted by Gasteiger charge is 2.32. The van der Waals surface area contributed by atoms with E-state index in [-0.39, 0.29) is 17.9 Å². The quantitative estimate of drug-likeness (QED) is 0.552. The van der Waals surface area contributed by atoms with Crippen molar-refractivity contribution in [1.82, 2.24) is 15.3 Å². The summed E-state index contributed by atoms with van der Waals surface area (Å²) < 4.78 is 0. The molecule has 1 unspecified atom stereocenters. The summed E-state index contributed by atoms with van der Waals surface area (Å²) >= 11 is 1.64. The van der Waals surface area contributed by atoms with Gasteiger partial charge in [0.05, 0.1) is 23.2 Å². The van der Waals surface area contributed by atoms with Gasteiger partial charge in [0, 0.05) is 40.6 Å². The minimum absolute atomic E-state index is 0.0297. The molecule has 1 aliphatic carbocycles. The van der Waals surface area contributed by atoms with Crippen molar-refractivity contribution in [3.63, 3.8) is 0 Å². The van der Waals surface area contributed by atoms with Gasteiger partial charge in [0.2, 0.25) is 5.91 Å². The number of aliphatic hydroxyl groups is 1. The lowest BCUT2D eigenvalue weighted by molar-refractivity contribution is -0.117. The molecule has 3 aromatic rings. The second kappa shape index (κ2) is 8.86. The number of carbonyl (C=O) groups excluding carboxylic acids is 1. The first-order valence-corrected chi connectivity index (χ1v) is 11.7. The fourth-order valence-corrected chi connectivity index (χ4v) is 5.54. The number of fused-ring (bicyclic) bond motifs is 1. The molecule has 1 saturated heterocycles. The maximum atomic E-state index is 12.7. The van der Waals surface area contributed by atoms with Crippen LogP contribution in [0.2, 0.25) is 0 Å². The largest absolute Gasteiger partial charge is 0.387 e. The van der Waals surface area contributed by atoms with Gasteiger partial charge in [-0.3, -0.25) is 9.78 Å². The van der Waals surface area contributed by atoms with E-state index in [0.717, 1.165) is 49.0 Å². The molecule has 5 rings (SSSR count). The van der Waals surface area contributed by atoms with Crippen molar-refractivity contribution < 1.29 is 9.90 Å². The highest BCUT2D eigenvalue weighted by molar-refractivity contribution is 7.09. The molecule has 2 aromatic heterocycles. The van der Waals surface area contributed by atoms with Gasteiger partial charge in [0.1, 0.15) is 0 Å². The molecular formula is C24H26N4O2S. The predicted octanol–water partition coefficient (Wildman–Crippen LogP) is 3.60. The second-order valence-electron chi connectivity index (χ2n) is 8.42. The Morgan fingerprint density at radius 3 is 2.90 bits per heavy atom. The average Bonchev–Trinajstić information content (AvgIpc) is 3.52. The first-order valence-electron chi connectivity index (χ1n) is 10.8. The van der Waals surface area contributed by atoms with Crippen LogP contribution in [0.25, 0.3) is 0 Å². The normalized spacial score (nSPS) is 23.5. The molecule has 4 atom stereocenters. The molecule has 3 heterocycles. The van der Waals surface area contributed by atoms with Crippen LogP contribution in [0.3, 0.4) is 0 Å². The lowest BCUT2D eigenvalue weighted by Crippen LogP contribution is -2.35. The maximum Gasteiger partial charge on any atom is 0.233 e. The van der Waals surface area contributed by atoms with Crippen molar-refractivity contribution in [2.75, 3.05) is 5.32 Å². The predicted molar refractivity (Wildman–Crippen MR) is 121 cm³/mol. The number of aromatic nitrogens is 2. The second-order valence-corrected chi connectivity index (χ2v) is 9.36. The van der Waals surface area contributed by atoms with E-state index in [2.05, 4.69) is 32.7 Å². The number of pyridine rings is 1. The van der Waals surface area contributed by atoms with Crippen molar-refractivity contribution in [2.24, 2.45) is 0 Å². The zero-order valence-corrected chi connectivity index (χ0v) is 18.0. The van der Waals surface area contributed by atoms with Gasteiger partial charge in [-0.15, -0.1) is 11.3 Å². The van der Waals surface area contributed by atoms with E-state index < -0.39 is 6.10 Å². The van der Waals surface area contributed by atoms with Crippen LogP contribution in [0.4, 0.5) is 5.69 Å². The van der Waals surface area contributed by atoms with Crippen LogP contribution in [0.15, 0.2) is 54.3 Å². The number of aliphatic hydroxyl groups excluding tert-OH is 1. The molecule has 0 radical (unpaired) electrons. The van der Waals surface area contributed by atoms with Gasteiger partial charge < -0.3 is 15.7 Å². The molecule has 1 fully saturated rings. The van der Waals surface area contributed by atoms with Crippen LogP contribution < -0.4 is 10.6 Å². The molecule has 0 bridgehead atoms. The van der Waals surface area contributed by atoms with E-state index in [1.54, 1.807) is 23.7 Å². The fraction of sp³-hybridized carbons (Fsp3) is 0.375. The number of rotatable bonds is 6. The van der Waals surface area contributed by atoms with E-state index in [9.17, 15) is 9.90 Å². The topological polar surface area (TPSA) is 87.1 Å². The summed E-state index contributed by atoms with van der Waals surface area (Å²) in [5, 5.41) is 17.2. The van der Waals surface area contributed by atoms with E-state index in [1.165, 1.54) is 10.4 Å². The maximum absolute atomic E-state index is 12.7. The van der Waals surface area contributed by atoms with E-state index in [0.29, 0.717) is 6.04 Å². The first kappa shape index (κ1) is 20.3. The van der Waals surface area contributed by atoms with Gasteiger partial charge in [0.15, 0.2) is 0 Å². The van der Waals surface area contributed by atoms with E-state index >= 15 is 0 Å². The number of carbonyl (C=O) groups is 1. The highest BCUT2D eigenvalue weighted by atomic mass is 32.1. The average molecular weight is 435 g/mol. The van der Waals surface area contributed by atoms with Crippen LogP contribution in [0.1, 0.15) is 53.0 Å². The molecule has 6 nitrogen and oxygen atoms in total. The SMILES string of the molecule is O=C(Nc1ccc(C[C@H]2CC[C@H]([C@H](O)c3cccnc3)N2)cc1)C1CCc2scnc21. The lowest BCUT2D eigenvalue weighted by atomic mass is 10.0. The first-order chi connectivity index (χ1) is 15.2. The van der Waals surface area contributed by atoms with E-state index in [1.807, 2.05) is 29.8 Å². The minimum atomic E-state index is -0.537. The number of amides is 1. The zero-order chi connectivity index (χ0) is 21.2. The van der Waals surface area contributed by atoms with Crippen molar-refractivity contribution in [1.29, 1.82) is 0 Å². The number of nitrogens with one attached hydrogen (secondary N) is 2. The van der Waals surface area contributed by atoms with Gasteiger partial charge in [-0.05, 0) is 55.9 Å². The lowest BCUT2D eigenvalue weighted by Gasteiger charge is -2.20. The third kappa shape index (κ3) is 4.39. The summed E-state index contributed by atoms with van der Waals surface area (Å²) in [6, 6.07) is 12.3. The summed E-state index contributed by atoms with van der Waals surface area (Å²) in [7, 11) is 0. The van der Waals surface area contributed by atoms with Gasteiger partial charge in [0.25, 0.3) is 0 Å². The summed E-state index contributed by atoms with van der Waals surface area (Å²) in [4.78, 5) is 22.4. The smallest absolute Gasteiger partial charge is 0.233 e. The summed E-state index contributed by atoms with van der Waals surface area (Å²) in [5.41, 5.74) is 5.68. The molecule has 0 spiro atoms. The number of benzene rings is 1. The Hall–Kier alpha value is -2.61. The molecule has 160 valence electrons. The Labute approximate surface area is 185 Å². The van der Waals surface area contributed by atoms with Crippen LogP contribution in [0.5, 0.6) is 0 Å². The number of hydrogen-bond acceptors (Lipinski definition) is 6. The standard InChI is InChI=1S/C24H26N4O2S/c29-23(16-2-1-11-25-13-16)20-9-7-18(27-20)12-15-3-5-17(6-4-15)28-24(30)19-8-10-21-22(19)26-14-31-21/h1-6,11,13-14,18-20,23,27,29H,7-10,12H2,(H,28,30)/t18-,19?,20-,23-/m1/s1. The van der Waals surface area contributed by atoms with E-state index in [4.69, 9.17) is 0 Å². The Bertz CT molecular complexity index is 1040. The number of hydrogen-bond donors (Lipinski definition) is 3. The molecule has 1 aliphatic heterocycles. The molecule has 0 saturated carbocycles. The summed E-state index contributed by atoms with van der Waals surface area (Å²) in [5.74, 6) is -0.103. The van der Waals surface area contributed by atoms with Crippen LogP contribution >= 0.6 is 11.3 Å². The minimum Gasteiger partial charge on any atom is -0.387 e. The monoisotopic (exact) mass is 434 g/mol. The molecule has 2 aliphatic rings. The number of anilines is 1. The van der Waals surface area contributed by atoms with Crippen molar-refractivity contribution in [3.05, 3.63) is 76.0 Å². The fourth-order valence-electron chi connectivity index (χ4n) is 4.70. The van der Waals surface area contributed by atoms with Crippen LogP contribution in [-0.2, 0) is 17.6 Å². The Morgan fingerprint density at radius 2 is 2.10 bits per heavy atom. The van der Waals surface area contributed by atoms with Gasteiger partial charge in [-0.2, -0.15) is 0 Å². The van der Waals surface area contributed by atoms with Gasteiger partial charge in [-0.1, -0.05) is 18.2 Å². The van der Waals surface area contributed by atoms with Crippen molar-refractivity contribution in [3.8, 4) is 0 Å². The van der Waals surface area contributed by atoms with Crippen molar-refractivity contribution in [2.45, 2.75) is 56.2 Å². The highest BCUT2D eigenvalue weighted by Crippen LogP contribution is 2.35. The molecule has 3 N–H and O–H groups in total. The number of aryl methyl sites for hydroxylation is 1. The third-order valence-electron chi connectivity index (χ3n) is 6.37. The Kier molecular flexibility index (Phi) is 5.80. The third-order valence-corrected chi connectivity index (χ3v) is 7.27. The van der Waals surface area contributed by atoms with Gasteiger partial charge >= 0.3 is 0 Å². The zero-order valence-electron chi connectivity index (χ0n) is 17.2. The van der Waals surface area contributed by atoms with Gasteiger partial charge in [-0.25, -0.2) is 4.98 Å². The Balaban J connectivity index is 1.15. The van der Waals surface area contributed by atoms with Crippen LogP contribution in [-0.4, -0.2) is 33.1 Å². The summed E-state index contributed by atoms with van der Waals surface area (Å²) in [6.45, 7) is 0. The number of nitrogens with zero attached hydrogens (tertiary/aromatic N) is 2. The molecule has 7 heteroatoms. The molecule has 1 aromatic carbocycles. The molecule has 31 heavy (non-hydrogen) atoms. The molecular weight excluding hydrogens is 408 g/mol. The van der Waals surface area contributed by atoms with Crippen LogP contribution in [0, 0.1) is 0 Å². The Morgan fingerprint density at radius 1 is 1.23 bits per heavy atom. The van der Waals surface area contributed by atoms with Crippen molar-refractivity contribution >= 4 is 22.9 Å².